The fraction of sp³-hybridized carbons (Fsp3) is 0.500. The van der Waals surface area contributed by atoms with E-state index in [0.717, 1.165) is 24.2 Å². The molecule has 0 radical (unpaired) electrons. The first-order valence-electron chi connectivity index (χ1n) is 6.26. The molecule has 1 aliphatic rings. The molecule has 4 heteroatoms. The molecule has 18 heavy (non-hydrogen) atoms. The Morgan fingerprint density at radius 1 is 1.39 bits per heavy atom. The second kappa shape index (κ2) is 5.87. The lowest BCUT2D eigenvalue weighted by atomic mass is 10.1. The Kier molecular flexibility index (Phi) is 4.20. The van der Waals surface area contributed by atoms with E-state index in [1.165, 1.54) is 0 Å². The van der Waals surface area contributed by atoms with Crippen molar-refractivity contribution in [3.05, 3.63) is 29.8 Å². The lowest BCUT2D eigenvalue weighted by Gasteiger charge is -2.12. The van der Waals surface area contributed by atoms with Crippen molar-refractivity contribution in [3.63, 3.8) is 0 Å². The van der Waals surface area contributed by atoms with Crippen LogP contribution < -0.4 is 4.74 Å². The van der Waals surface area contributed by atoms with Gasteiger partial charge in [-0.3, -0.25) is 0 Å². The van der Waals surface area contributed by atoms with Crippen molar-refractivity contribution < 1.29 is 14.7 Å². The predicted molar refractivity (Wildman–Crippen MR) is 69.5 cm³/mol. The number of oxime groups is 1. The van der Waals surface area contributed by atoms with Gasteiger partial charge in [-0.05, 0) is 56.5 Å². The maximum atomic E-state index is 8.67. The van der Waals surface area contributed by atoms with E-state index in [4.69, 9.17) is 14.7 Å². The maximum absolute atomic E-state index is 8.67. The van der Waals surface area contributed by atoms with Gasteiger partial charge < -0.3 is 14.7 Å². The van der Waals surface area contributed by atoms with Crippen LogP contribution in [0.5, 0.6) is 5.75 Å². The molecule has 0 saturated carbocycles. The minimum Gasteiger partial charge on any atom is -0.491 e. The molecular weight excluding hydrogens is 230 g/mol. The van der Waals surface area contributed by atoms with Crippen LogP contribution in [0.15, 0.2) is 29.4 Å². The lowest BCUT2D eigenvalue weighted by Crippen LogP contribution is -2.17. The molecule has 0 spiro atoms. The second-order valence-electron chi connectivity index (χ2n) is 4.67. The standard InChI is InChI=1S/C14H19NO3/c1-10-3-6-14(18-10)9-17-13-7-4-12(5-8-13)11(2)15-16/h4-5,7-8,10,14,16H,3,6,9H2,1-2H3/b15-11+. The van der Waals surface area contributed by atoms with Gasteiger partial charge in [-0.25, -0.2) is 0 Å². The van der Waals surface area contributed by atoms with Crippen molar-refractivity contribution in [1.82, 2.24) is 0 Å². The minimum atomic E-state index is 0.209. The van der Waals surface area contributed by atoms with Gasteiger partial charge in [0.05, 0.1) is 17.9 Å². The van der Waals surface area contributed by atoms with Crippen molar-refractivity contribution in [2.24, 2.45) is 5.16 Å². The van der Waals surface area contributed by atoms with Crippen molar-refractivity contribution >= 4 is 5.71 Å². The fourth-order valence-corrected chi connectivity index (χ4v) is 2.05. The van der Waals surface area contributed by atoms with Crippen LogP contribution in [0.4, 0.5) is 0 Å². The van der Waals surface area contributed by atoms with Crippen LogP contribution >= 0.6 is 0 Å². The summed E-state index contributed by atoms with van der Waals surface area (Å²) in [4.78, 5) is 0. The van der Waals surface area contributed by atoms with Crippen LogP contribution in [0.3, 0.4) is 0 Å². The molecule has 1 aromatic carbocycles. The highest BCUT2D eigenvalue weighted by atomic mass is 16.5. The Bertz CT molecular complexity index is 414. The summed E-state index contributed by atoms with van der Waals surface area (Å²) in [6.07, 6.45) is 2.74. The molecule has 2 rings (SSSR count). The Hall–Kier alpha value is -1.55. The van der Waals surface area contributed by atoms with Crippen molar-refractivity contribution in [3.8, 4) is 5.75 Å². The fourth-order valence-electron chi connectivity index (χ4n) is 2.05. The first-order chi connectivity index (χ1) is 8.69. The lowest BCUT2D eigenvalue weighted by molar-refractivity contribution is 0.0264. The van der Waals surface area contributed by atoms with E-state index in [1.807, 2.05) is 24.3 Å². The largest absolute Gasteiger partial charge is 0.491 e. The van der Waals surface area contributed by atoms with Gasteiger partial charge in [0, 0.05) is 0 Å². The molecule has 0 aliphatic carbocycles. The average molecular weight is 249 g/mol. The van der Waals surface area contributed by atoms with Crippen LogP contribution in [0.25, 0.3) is 0 Å². The van der Waals surface area contributed by atoms with Crippen LogP contribution in [0.1, 0.15) is 32.3 Å². The van der Waals surface area contributed by atoms with E-state index in [1.54, 1.807) is 6.92 Å². The molecular formula is C14H19NO3. The summed E-state index contributed by atoms with van der Waals surface area (Å²) in [6.45, 7) is 4.44. The molecule has 1 aromatic rings. The van der Waals surface area contributed by atoms with E-state index in [0.29, 0.717) is 18.4 Å². The molecule has 1 aliphatic heterocycles. The van der Waals surface area contributed by atoms with E-state index >= 15 is 0 Å². The summed E-state index contributed by atoms with van der Waals surface area (Å²) in [5.74, 6) is 0.813. The van der Waals surface area contributed by atoms with Crippen LogP contribution in [0, 0.1) is 0 Å². The van der Waals surface area contributed by atoms with Gasteiger partial charge >= 0.3 is 0 Å². The molecule has 98 valence electrons. The van der Waals surface area contributed by atoms with Crippen molar-refractivity contribution in [2.75, 3.05) is 6.61 Å². The van der Waals surface area contributed by atoms with Crippen molar-refractivity contribution in [1.29, 1.82) is 0 Å². The monoisotopic (exact) mass is 249 g/mol. The molecule has 0 bridgehead atoms. The summed E-state index contributed by atoms with van der Waals surface area (Å²) < 4.78 is 11.4. The zero-order valence-electron chi connectivity index (χ0n) is 10.8. The molecule has 4 nitrogen and oxygen atoms in total. The topological polar surface area (TPSA) is 51.1 Å². The Morgan fingerprint density at radius 3 is 2.67 bits per heavy atom. The third kappa shape index (κ3) is 3.23. The predicted octanol–water partition coefficient (Wildman–Crippen LogP) is 2.83. The Morgan fingerprint density at radius 2 is 2.11 bits per heavy atom. The van der Waals surface area contributed by atoms with E-state index in [2.05, 4.69) is 12.1 Å². The molecule has 1 heterocycles. The van der Waals surface area contributed by atoms with Crippen LogP contribution in [0.2, 0.25) is 0 Å². The van der Waals surface area contributed by atoms with E-state index in [-0.39, 0.29) is 6.10 Å². The highest BCUT2D eigenvalue weighted by Crippen LogP contribution is 2.20. The number of nitrogens with zero attached hydrogens (tertiary/aromatic N) is 1. The third-order valence-corrected chi connectivity index (χ3v) is 3.18. The van der Waals surface area contributed by atoms with E-state index in [9.17, 15) is 0 Å². The van der Waals surface area contributed by atoms with Crippen LogP contribution in [-0.4, -0.2) is 29.7 Å². The molecule has 1 N–H and O–H groups in total. The SMILES string of the molecule is C/C(=N\O)c1ccc(OCC2CCC(C)O2)cc1. The molecule has 0 amide bonds. The van der Waals surface area contributed by atoms with Gasteiger partial charge in [0.1, 0.15) is 12.4 Å². The average Bonchev–Trinajstić information content (AvgIpc) is 2.82. The summed E-state index contributed by atoms with van der Waals surface area (Å²) in [7, 11) is 0. The number of benzene rings is 1. The number of hydrogen-bond donors (Lipinski definition) is 1. The second-order valence-corrected chi connectivity index (χ2v) is 4.67. The Labute approximate surface area is 107 Å². The first kappa shape index (κ1) is 12.9. The van der Waals surface area contributed by atoms with Gasteiger partial charge in [0.2, 0.25) is 0 Å². The molecule has 2 unspecified atom stereocenters. The normalized spacial score (nSPS) is 24.2. The molecule has 1 saturated heterocycles. The number of ether oxygens (including phenoxy) is 2. The summed E-state index contributed by atoms with van der Waals surface area (Å²) in [6, 6.07) is 7.51. The first-order valence-corrected chi connectivity index (χ1v) is 6.26. The van der Waals surface area contributed by atoms with Gasteiger partial charge in [0.25, 0.3) is 0 Å². The number of hydrogen-bond acceptors (Lipinski definition) is 4. The molecule has 2 atom stereocenters. The number of rotatable bonds is 4. The summed E-state index contributed by atoms with van der Waals surface area (Å²) in [5.41, 5.74) is 1.48. The highest BCUT2D eigenvalue weighted by molar-refractivity contribution is 5.98. The molecule has 1 fully saturated rings. The van der Waals surface area contributed by atoms with Gasteiger partial charge in [0.15, 0.2) is 0 Å². The summed E-state index contributed by atoms with van der Waals surface area (Å²) in [5, 5.41) is 11.8. The van der Waals surface area contributed by atoms with Gasteiger partial charge in [-0.15, -0.1) is 0 Å². The smallest absolute Gasteiger partial charge is 0.119 e. The zero-order chi connectivity index (χ0) is 13.0. The minimum absolute atomic E-state index is 0.209. The van der Waals surface area contributed by atoms with Crippen LogP contribution in [-0.2, 0) is 4.74 Å². The molecule has 0 aromatic heterocycles. The van der Waals surface area contributed by atoms with Gasteiger partial charge in [-0.1, -0.05) is 5.16 Å². The van der Waals surface area contributed by atoms with Crippen molar-refractivity contribution in [2.45, 2.75) is 38.9 Å². The van der Waals surface area contributed by atoms with Gasteiger partial charge in [-0.2, -0.15) is 0 Å². The maximum Gasteiger partial charge on any atom is 0.119 e. The Balaban J connectivity index is 1.87. The third-order valence-electron chi connectivity index (χ3n) is 3.18. The quantitative estimate of drug-likeness (QED) is 0.507. The van der Waals surface area contributed by atoms with E-state index < -0.39 is 0 Å². The highest BCUT2D eigenvalue weighted by Gasteiger charge is 2.22. The zero-order valence-corrected chi connectivity index (χ0v) is 10.8. The summed E-state index contributed by atoms with van der Waals surface area (Å²) >= 11 is 0.